The van der Waals surface area contributed by atoms with Crippen LogP contribution in [0.2, 0.25) is 0 Å². The van der Waals surface area contributed by atoms with Gasteiger partial charge in [0, 0.05) is 13.1 Å². The van der Waals surface area contributed by atoms with Crippen molar-refractivity contribution in [3.05, 3.63) is 12.2 Å². The van der Waals surface area contributed by atoms with Crippen LogP contribution in [-0.4, -0.2) is 94.7 Å². The quantitative estimate of drug-likeness (QED) is 0.0483. The van der Waals surface area contributed by atoms with Crippen molar-refractivity contribution in [3.8, 4) is 0 Å². The number of nitrogens with two attached hydrogens (primary N) is 4. The highest BCUT2D eigenvalue weighted by Gasteiger charge is 2.36. The molecule has 14 heteroatoms. The van der Waals surface area contributed by atoms with Gasteiger partial charge in [0.15, 0.2) is 5.96 Å². The maximum Gasteiger partial charge on any atom is 0.326 e. The van der Waals surface area contributed by atoms with E-state index in [1.54, 1.807) is 6.08 Å². The molecule has 1 heterocycles. The predicted molar refractivity (Wildman–Crippen MR) is 129 cm³/mol. The normalized spacial score (nSPS) is 18.3. The van der Waals surface area contributed by atoms with Crippen LogP contribution in [0.25, 0.3) is 0 Å². The number of nitrogens with one attached hydrogen (secondary N) is 2. The van der Waals surface area contributed by atoms with Crippen LogP contribution in [0.3, 0.4) is 0 Å². The van der Waals surface area contributed by atoms with Crippen molar-refractivity contribution in [2.24, 2.45) is 27.9 Å². The first kappa shape index (κ1) is 29.8. The van der Waals surface area contributed by atoms with E-state index < -0.39 is 54.0 Å². The Morgan fingerprint density at radius 1 is 1.11 bits per heavy atom. The number of aliphatic hydroxyl groups excluding tert-OH is 1. The van der Waals surface area contributed by atoms with Gasteiger partial charge in [0.2, 0.25) is 17.7 Å². The SMILES string of the molecule is C[C@@H](O)[C@H](N)C(=O)NC(CCCCN)C(=O)N1CC=C[C@H]1C(=O)N[C@@H](CCCN=C(N)N)C(=O)O. The number of carbonyl (C=O) groups excluding carboxylic acids is 3. The molecule has 1 rings (SSSR count). The van der Waals surface area contributed by atoms with Crippen LogP contribution in [0.5, 0.6) is 0 Å². The van der Waals surface area contributed by atoms with Gasteiger partial charge in [0.05, 0.1) is 6.10 Å². The smallest absolute Gasteiger partial charge is 0.326 e. The number of unbranched alkanes of at least 4 members (excludes halogenated alkanes) is 1. The molecule has 14 nitrogen and oxygen atoms in total. The fraction of sp³-hybridized carbons (Fsp3) is 0.667. The average molecular weight is 499 g/mol. The van der Waals surface area contributed by atoms with Crippen LogP contribution in [-0.2, 0) is 19.2 Å². The van der Waals surface area contributed by atoms with Crippen molar-refractivity contribution in [1.82, 2.24) is 15.5 Å². The molecule has 3 amide bonds. The van der Waals surface area contributed by atoms with Gasteiger partial charge in [-0.1, -0.05) is 12.2 Å². The molecule has 1 aliphatic rings. The number of rotatable bonds is 15. The van der Waals surface area contributed by atoms with E-state index in [1.807, 2.05) is 0 Å². The number of hydrogen-bond acceptors (Lipinski definition) is 8. The zero-order valence-corrected chi connectivity index (χ0v) is 19.9. The van der Waals surface area contributed by atoms with Gasteiger partial charge >= 0.3 is 5.97 Å². The van der Waals surface area contributed by atoms with Crippen LogP contribution >= 0.6 is 0 Å². The van der Waals surface area contributed by atoms with E-state index >= 15 is 0 Å². The first-order valence-corrected chi connectivity index (χ1v) is 11.5. The number of amides is 3. The monoisotopic (exact) mass is 498 g/mol. The molecule has 0 radical (unpaired) electrons. The van der Waals surface area contributed by atoms with Gasteiger partial charge in [0.1, 0.15) is 24.2 Å². The number of carbonyl (C=O) groups is 4. The van der Waals surface area contributed by atoms with Crippen LogP contribution in [0.4, 0.5) is 0 Å². The summed E-state index contributed by atoms with van der Waals surface area (Å²) in [5, 5.41) is 24.1. The zero-order valence-electron chi connectivity index (χ0n) is 19.9. The van der Waals surface area contributed by atoms with Crippen LogP contribution < -0.4 is 33.6 Å². The Labute approximate surface area is 204 Å². The minimum Gasteiger partial charge on any atom is -0.480 e. The Kier molecular flexibility index (Phi) is 12.7. The summed E-state index contributed by atoms with van der Waals surface area (Å²) < 4.78 is 0. The standard InChI is InChI=1S/C21H38N8O6/c1-12(30)16(23)18(32)27-13(6-2-3-9-22)19(33)29-11-5-8-15(29)17(31)28-14(20(34)35)7-4-10-26-21(24)25/h5,8,12-16,30H,2-4,6-7,9-11,22-23H2,1H3,(H,27,32)(H,28,31)(H,34,35)(H4,24,25,26)/t12-,13?,14+,15+,16+/m1/s1. The maximum absolute atomic E-state index is 13.3. The maximum atomic E-state index is 13.3. The minimum atomic E-state index is -1.23. The van der Waals surface area contributed by atoms with Gasteiger partial charge in [-0.25, -0.2) is 4.79 Å². The molecule has 0 bridgehead atoms. The summed E-state index contributed by atoms with van der Waals surface area (Å²) in [6.45, 7) is 2.06. The van der Waals surface area contributed by atoms with Gasteiger partial charge in [0.25, 0.3) is 0 Å². The molecule has 0 aromatic rings. The molecule has 0 saturated carbocycles. The second-order valence-corrected chi connectivity index (χ2v) is 8.32. The predicted octanol–water partition coefficient (Wildman–Crippen LogP) is -3.30. The number of guanidine groups is 1. The first-order valence-electron chi connectivity index (χ1n) is 11.5. The zero-order chi connectivity index (χ0) is 26.5. The molecule has 12 N–H and O–H groups in total. The van der Waals surface area contributed by atoms with Crippen LogP contribution in [0.15, 0.2) is 17.1 Å². The number of nitrogens with zero attached hydrogens (tertiary/aromatic N) is 2. The molecule has 35 heavy (non-hydrogen) atoms. The first-order chi connectivity index (χ1) is 16.5. The third-order valence-corrected chi connectivity index (χ3v) is 5.45. The highest BCUT2D eigenvalue weighted by Crippen LogP contribution is 2.15. The molecule has 0 aromatic carbocycles. The van der Waals surface area contributed by atoms with Crippen LogP contribution in [0, 0.1) is 0 Å². The minimum absolute atomic E-state index is 0.0806. The molecular formula is C21H38N8O6. The largest absolute Gasteiger partial charge is 0.480 e. The Balaban J connectivity index is 2.90. The number of aliphatic imine (C=N–C) groups is 1. The molecule has 0 aromatic heterocycles. The van der Waals surface area contributed by atoms with E-state index in [4.69, 9.17) is 22.9 Å². The summed E-state index contributed by atoms with van der Waals surface area (Å²) in [6, 6.07) is -4.48. The van der Waals surface area contributed by atoms with Gasteiger partial charge in [-0.15, -0.1) is 0 Å². The Hall–Kier alpha value is -3.23. The topological polar surface area (TPSA) is 252 Å². The number of aliphatic hydroxyl groups is 1. The lowest BCUT2D eigenvalue weighted by Crippen LogP contribution is -2.58. The molecule has 0 fully saturated rings. The molecule has 5 atom stereocenters. The van der Waals surface area contributed by atoms with E-state index in [0.29, 0.717) is 25.8 Å². The van der Waals surface area contributed by atoms with Gasteiger partial charge < -0.3 is 48.7 Å². The van der Waals surface area contributed by atoms with Gasteiger partial charge in [-0.05, 0) is 45.6 Å². The highest BCUT2D eigenvalue weighted by atomic mass is 16.4. The fourth-order valence-electron chi connectivity index (χ4n) is 3.43. The lowest BCUT2D eigenvalue weighted by atomic mass is 10.1. The third kappa shape index (κ3) is 9.88. The lowest BCUT2D eigenvalue weighted by Gasteiger charge is -2.30. The Bertz CT molecular complexity index is 799. The Morgan fingerprint density at radius 3 is 2.34 bits per heavy atom. The van der Waals surface area contributed by atoms with E-state index in [2.05, 4.69) is 15.6 Å². The van der Waals surface area contributed by atoms with Crippen molar-refractivity contribution in [2.45, 2.75) is 69.3 Å². The van der Waals surface area contributed by atoms with Crippen molar-refractivity contribution in [2.75, 3.05) is 19.6 Å². The number of hydrogen-bond donors (Lipinski definition) is 8. The summed E-state index contributed by atoms with van der Waals surface area (Å²) in [7, 11) is 0. The summed E-state index contributed by atoms with van der Waals surface area (Å²) in [5.74, 6) is -3.26. The number of carboxylic acids is 1. The summed E-state index contributed by atoms with van der Waals surface area (Å²) in [4.78, 5) is 55.2. The molecular weight excluding hydrogens is 460 g/mol. The number of carboxylic acid groups (broad SMARTS) is 1. The molecule has 0 aliphatic carbocycles. The molecule has 0 spiro atoms. The van der Waals surface area contributed by atoms with Crippen LogP contribution in [0.1, 0.15) is 39.0 Å². The van der Waals surface area contributed by atoms with Crippen molar-refractivity contribution >= 4 is 29.7 Å². The summed E-state index contributed by atoms with van der Waals surface area (Å²) in [5.41, 5.74) is 21.7. The van der Waals surface area contributed by atoms with E-state index in [-0.39, 0.29) is 31.9 Å². The average Bonchev–Trinajstić information content (AvgIpc) is 3.29. The van der Waals surface area contributed by atoms with Gasteiger partial charge in [-0.3, -0.25) is 19.4 Å². The summed E-state index contributed by atoms with van der Waals surface area (Å²) in [6.07, 6.45) is 3.77. The van der Waals surface area contributed by atoms with E-state index in [9.17, 15) is 29.4 Å². The van der Waals surface area contributed by atoms with E-state index in [1.165, 1.54) is 17.9 Å². The Morgan fingerprint density at radius 2 is 1.77 bits per heavy atom. The van der Waals surface area contributed by atoms with Gasteiger partial charge in [-0.2, -0.15) is 0 Å². The molecule has 198 valence electrons. The second kappa shape index (κ2) is 14.9. The second-order valence-electron chi connectivity index (χ2n) is 8.32. The van der Waals surface area contributed by atoms with E-state index in [0.717, 1.165) is 0 Å². The molecule has 1 aliphatic heterocycles. The number of aliphatic carboxylic acids is 1. The molecule has 0 saturated heterocycles. The highest BCUT2D eigenvalue weighted by molar-refractivity contribution is 5.95. The summed E-state index contributed by atoms with van der Waals surface area (Å²) >= 11 is 0. The van der Waals surface area contributed by atoms with Crippen molar-refractivity contribution in [3.63, 3.8) is 0 Å². The third-order valence-electron chi connectivity index (χ3n) is 5.45. The molecule has 1 unspecified atom stereocenters. The lowest BCUT2D eigenvalue weighted by molar-refractivity contribution is -0.144. The fourth-order valence-corrected chi connectivity index (χ4v) is 3.43. The van der Waals surface area contributed by atoms with Crippen molar-refractivity contribution < 1.29 is 29.4 Å². The van der Waals surface area contributed by atoms with Crippen molar-refractivity contribution in [1.29, 1.82) is 0 Å².